The first-order valence-electron chi connectivity index (χ1n) is 5.56. The number of benzene rings is 2. The van der Waals surface area contributed by atoms with Crippen molar-refractivity contribution >= 4 is 11.7 Å². The molecule has 1 N–H and O–H groups in total. The van der Waals surface area contributed by atoms with Gasteiger partial charge in [0.25, 0.3) is 5.69 Å². The van der Waals surface area contributed by atoms with Crippen LogP contribution in [0.5, 0.6) is 23.0 Å². The maximum absolute atomic E-state index is 10.9. The first kappa shape index (κ1) is 12.0. The Kier molecular flexibility index (Phi) is 2.53. The number of nitro benzene ring substituents is 1. The van der Waals surface area contributed by atoms with Crippen molar-refractivity contribution in [2.24, 2.45) is 0 Å². The van der Waals surface area contributed by atoms with Gasteiger partial charge < -0.3 is 14.6 Å². The fraction of sp³-hybridized carbons (Fsp3) is 0. The lowest BCUT2D eigenvalue weighted by Crippen LogP contribution is -2.02. The van der Waals surface area contributed by atoms with Gasteiger partial charge in [0.05, 0.1) is 16.6 Å². The van der Waals surface area contributed by atoms with Crippen LogP contribution in [0.3, 0.4) is 0 Å². The maximum atomic E-state index is 10.9. The van der Waals surface area contributed by atoms with Crippen LogP contribution in [0.4, 0.5) is 5.69 Å². The lowest BCUT2D eigenvalue weighted by Gasteiger charge is -2.20. The molecule has 0 saturated carbocycles. The Hall–Kier alpha value is -3.09. The number of nitrogens with zero attached hydrogens (tertiary/aromatic N) is 1. The van der Waals surface area contributed by atoms with Crippen molar-refractivity contribution in [2.45, 2.75) is 0 Å². The van der Waals surface area contributed by atoms with Crippen molar-refractivity contribution in [1.82, 2.24) is 0 Å². The first-order valence-corrected chi connectivity index (χ1v) is 5.56. The standard InChI is InChI=1S/C13H7NO6/c15-13(16)7-1-3-9-11(5-7)20-12-6-8(14(17)18)2-4-10(12)19-9/h1-6H,(H,15,16). The first-order chi connectivity index (χ1) is 9.54. The van der Waals surface area contributed by atoms with Crippen molar-refractivity contribution in [3.8, 4) is 23.0 Å². The largest absolute Gasteiger partial charge is 0.478 e. The summed E-state index contributed by atoms with van der Waals surface area (Å²) in [5.74, 6) is -0.0177. The Balaban J connectivity index is 2.03. The zero-order valence-electron chi connectivity index (χ0n) is 9.90. The molecule has 7 nitrogen and oxygen atoms in total. The van der Waals surface area contributed by atoms with Crippen molar-refractivity contribution in [1.29, 1.82) is 0 Å². The number of hydrogen-bond acceptors (Lipinski definition) is 5. The van der Waals surface area contributed by atoms with E-state index in [4.69, 9.17) is 14.6 Å². The average Bonchev–Trinajstić information content (AvgIpc) is 2.43. The van der Waals surface area contributed by atoms with Gasteiger partial charge in [0.15, 0.2) is 23.0 Å². The number of carboxylic acid groups (broad SMARTS) is 1. The van der Waals surface area contributed by atoms with Gasteiger partial charge >= 0.3 is 5.97 Å². The summed E-state index contributed by atoms with van der Waals surface area (Å²) < 4.78 is 11.0. The maximum Gasteiger partial charge on any atom is 0.335 e. The summed E-state index contributed by atoms with van der Waals surface area (Å²) in [5.41, 5.74) is -0.0913. The van der Waals surface area contributed by atoms with Gasteiger partial charge in [-0.25, -0.2) is 4.79 Å². The molecule has 1 aliphatic rings. The molecule has 0 spiro atoms. The number of aromatic carboxylic acids is 1. The van der Waals surface area contributed by atoms with E-state index in [1.54, 1.807) is 0 Å². The van der Waals surface area contributed by atoms with E-state index in [1.807, 2.05) is 0 Å². The summed E-state index contributed by atoms with van der Waals surface area (Å²) in [4.78, 5) is 21.0. The molecule has 0 amide bonds. The molecule has 1 aliphatic heterocycles. The van der Waals surface area contributed by atoms with Crippen molar-refractivity contribution in [3.05, 3.63) is 52.1 Å². The average molecular weight is 273 g/mol. The number of rotatable bonds is 2. The molecule has 0 atom stereocenters. The molecule has 2 aromatic carbocycles. The minimum Gasteiger partial charge on any atom is -0.478 e. The van der Waals surface area contributed by atoms with Gasteiger partial charge in [0.2, 0.25) is 0 Å². The molecule has 0 saturated heterocycles. The smallest absolute Gasteiger partial charge is 0.335 e. The third-order valence-corrected chi connectivity index (χ3v) is 2.77. The predicted molar refractivity (Wildman–Crippen MR) is 66.6 cm³/mol. The number of ether oxygens (including phenoxy) is 2. The molecular weight excluding hydrogens is 266 g/mol. The van der Waals surface area contributed by atoms with Gasteiger partial charge in [-0.1, -0.05) is 0 Å². The number of fused-ring (bicyclic) bond motifs is 2. The minimum absolute atomic E-state index is 0.0428. The van der Waals surface area contributed by atoms with Gasteiger partial charge in [-0.15, -0.1) is 0 Å². The molecule has 0 bridgehead atoms. The van der Waals surface area contributed by atoms with Crippen LogP contribution in [0.25, 0.3) is 0 Å². The van der Waals surface area contributed by atoms with Crippen molar-refractivity contribution < 1.29 is 24.3 Å². The van der Waals surface area contributed by atoms with E-state index in [9.17, 15) is 14.9 Å². The Bertz CT molecular complexity index is 678. The summed E-state index contributed by atoms with van der Waals surface area (Å²) in [6, 6.07) is 8.13. The number of carbonyl (C=O) groups is 1. The van der Waals surface area contributed by atoms with E-state index in [-0.39, 0.29) is 22.7 Å². The highest BCUT2D eigenvalue weighted by atomic mass is 16.6. The zero-order chi connectivity index (χ0) is 14.3. The molecule has 1 heterocycles. The Morgan fingerprint density at radius 3 is 2.25 bits per heavy atom. The molecule has 7 heteroatoms. The van der Waals surface area contributed by atoms with E-state index in [0.29, 0.717) is 11.5 Å². The Morgan fingerprint density at radius 1 is 1.00 bits per heavy atom. The van der Waals surface area contributed by atoms with E-state index in [2.05, 4.69) is 0 Å². The fourth-order valence-electron chi connectivity index (χ4n) is 1.82. The third kappa shape index (κ3) is 1.91. The Morgan fingerprint density at radius 2 is 1.60 bits per heavy atom. The van der Waals surface area contributed by atoms with Gasteiger partial charge in [-0.05, 0) is 24.3 Å². The normalized spacial score (nSPS) is 11.6. The lowest BCUT2D eigenvalue weighted by atomic mass is 10.2. The van der Waals surface area contributed by atoms with Gasteiger partial charge in [-0.3, -0.25) is 10.1 Å². The second-order valence-corrected chi connectivity index (χ2v) is 4.06. The highest BCUT2D eigenvalue weighted by Crippen LogP contribution is 2.46. The monoisotopic (exact) mass is 273 g/mol. The topological polar surface area (TPSA) is 98.9 Å². The number of carboxylic acids is 1. The van der Waals surface area contributed by atoms with Crippen LogP contribution in [0.1, 0.15) is 10.4 Å². The highest BCUT2D eigenvalue weighted by Gasteiger charge is 2.22. The van der Waals surface area contributed by atoms with Crippen LogP contribution in [0, 0.1) is 10.1 Å². The molecule has 100 valence electrons. The van der Waals surface area contributed by atoms with Crippen molar-refractivity contribution in [3.63, 3.8) is 0 Å². The van der Waals surface area contributed by atoms with Crippen molar-refractivity contribution in [2.75, 3.05) is 0 Å². The number of non-ortho nitro benzene ring substituents is 1. The summed E-state index contributed by atoms with van der Waals surface area (Å²) in [7, 11) is 0. The molecule has 0 unspecified atom stereocenters. The van der Waals surface area contributed by atoms with Crippen LogP contribution in [0.2, 0.25) is 0 Å². The van der Waals surface area contributed by atoms with E-state index in [1.165, 1.54) is 36.4 Å². The Labute approximate surface area is 112 Å². The summed E-state index contributed by atoms with van der Waals surface area (Å²) in [6.45, 7) is 0. The lowest BCUT2D eigenvalue weighted by molar-refractivity contribution is -0.384. The number of nitro groups is 1. The van der Waals surface area contributed by atoms with Gasteiger partial charge in [-0.2, -0.15) is 0 Å². The van der Waals surface area contributed by atoms with E-state index < -0.39 is 10.9 Å². The molecular formula is C13H7NO6. The predicted octanol–water partition coefficient (Wildman–Crippen LogP) is 3.19. The zero-order valence-corrected chi connectivity index (χ0v) is 9.90. The summed E-state index contributed by atoms with van der Waals surface area (Å²) in [6.07, 6.45) is 0. The van der Waals surface area contributed by atoms with Crippen LogP contribution in [0.15, 0.2) is 36.4 Å². The molecule has 2 aromatic rings. The summed E-state index contributed by atoms with van der Waals surface area (Å²) >= 11 is 0. The van der Waals surface area contributed by atoms with Crippen LogP contribution < -0.4 is 9.47 Å². The second-order valence-electron chi connectivity index (χ2n) is 4.06. The van der Waals surface area contributed by atoms with Crippen LogP contribution in [-0.2, 0) is 0 Å². The van der Waals surface area contributed by atoms with E-state index in [0.717, 1.165) is 0 Å². The molecule has 0 aliphatic carbocycles. The number of hydrogen-bond donors (Lipinski definition) is 1. The SMILES string of the molecule is O=C(O)c1ccc2c(c1)Oc1cc([N+](=O)[O-])ccc1O2. The second kappa shape index (κ2) is 4.23. The van der Waals surface area contributed by atoms with Crippen LogP contribution in [-0.4, -0.2) is 16.0 Å². The van der Waals surface area contributed by atoms with Gasteiger partial charge in [0, 0.05) is 6.07 Å². The minimum atomic E-state index is -1.10. The molecule has 3 rings (SSSR count). The molecule has 0 radical (unpaired) electrons. The third-order valence-electron chi connectivity index (χ3n) is 2.77. The molecule has 0 aromatic heterocycles. The quantitative estimate of drug-likeness (QED) is 0.568. The molecule has 0 fully saturated rings. The molecule has 20 heavy (non-hydrogen) atoms. The highest BCUT2D eigenvalue weighted by molar-refractivity contribution is 5.88. The van der Waals surface area contributed by atoms with Gasteiger partial charge in [0.1, 0.15) is 0 Å². The van der Waals surface area contributed by atoms with E-state index >= 15 is 0 Å². The van der Waals surface area contributed by atoms with Crippen LogP contribution >= 0.6 is 0 Å². The fourth-order valence-corrected chi connectivity index (χ4v) is 1.82. The summed E-state index contributed by atoms with van der Waals surface area (Å²) in [5, 5.41) is 19.6.